The molecule has 0 spiro atoms. The Morgan fingerprint density at radius 3 is 2.15 bits per heavy atom. The number of nitrogens with zero attached hydrogens (tertiary/aromatic N) is 1. The molecule has 1 amide bonds. The largest absolute Gasteiger partial charge is 0.326 e. The zero-order valence-electron chi connectivity index (χ0n) is 19.2. The van der Waals surface area contributed by atoms with E-state index in [1.54, 1.807) is 0 Å². The minimum atomic E-state index is 0.0110. The van der Waals surface area contributed by atoms with Gasteiger partial charge in [0.25, 0.3) is 0 Å². The number of aromatic nitrogens is 1. The fraction of sp³-hybridized carbons (Fsp3) is 0.172. The number of benzene rings is 3. The lowest BCUT2D eigenvalue weighted by Crippen LogP contribution is -2.14. The lowest BCUT2D eigenvalue weighted by atomic mass is 10.1. The molecule has 0 bridgehead atoms. The second-order valence-corrected chi connectivity index (χ2v) is 8.74. The zero-order valence-corrected chi connectivity index (χ0v) is 20.0. The van der Waals surface area contributed by atoms with Crippen molar-refractivity contribution in [2.45, 2.75) is 32.9 Å². The van der Waals surface area contributed by atoms with Gasteiger partial charge < -0.3 is 10.6 Å². The molecule has 172 valence electrons. The molecule has 4 aromatic rings. The second kappa shape index (κ2) is 11.6. The van der Waals surface area contributed by atoms with Crippen LogP contribution in [0.2, 0.25) is 5.02 Å². The van der Waals surface area contributed by atoms with Crippen LogP contribution in [0.5, 0.6) is 0 Å². The summed E-state index contributed by atoms with van der Waals surface area (Å²) >= 11 is 5.96. The van der Waals surface area contributed by atoms with E-state index in [2.05, 4.69) is 45.9 Å². The number of halogens is 1. The average Bonchev–Trinajstić information content (AvgIpc) is 2.86. The van der Waals surface area contributed by atoms with Crippen LogP contribution >= 0.6 is 11.6 Å². The molecule has 4 rings (SSSR count). The molecular formula is C29H28ClN3O. The van der Waals surface area contributed by atoms with Gasteiger partial charge in [-0.25, -0.2) is 0 Å². The summed E-state index contributed by atoms with van der Waals surface area (Å²) in [6, 6.07) is 28.1. The molecule has 0 aliphatic carbocycles. The van der Waals surface area contributed by atoms with E-state index in [9.17, 15) is 4.79 Å². The third-order valence-electron chi connectivity index (χ3n) is 5.77. The maximum atomic E-state index is 12.4. The van der Waals surface area contributed by atoms with Crippen molar-refractivity contribution in [3.05, 3.63) is 119 Å². The van der Waals surface area contributed by atoms with Crippen molar-refractivity contribution in [1.82, 2.24) is 10.3 Å². The molecule has 0 aliphatic heterocycles. The Labute approximate surface area is 206 Å². The first-order valence-electron chi connectivity index (χ1n) is 11.4. The van der Waals surface area contributed by atoms with Gasteiger partial charge in [0.15, 0.2) is 0 Å². The highest BCUT2D eigenvalue weighted by Crippen LogP contribution is 2.23. The number of rotatable bonds is 9. The van der Waals surface area contributed by atoms with Crippen molar-refractivity contribution in [3.63, 3.8) is 0 Å². The van der Waals surface area contributed by atoms with Gasteiger partial charge in [0, 0.05) is 42.1 Å². The molecule has 0 aliphatic rings. The van der Waals surface area contributed by atoms with Gasteiger partial charge in [0.1, 0.15) is 0 Å². The van der Waals surface area contributed by atoms with Crippen molar-refractivity contribution >= 4 is 23.2 Å². The summed E-state index contributed by atoms with van der Waals surface area (Å²) < 4.78 is 0. The molecular weight excluding hydrogens is 442 g/mol. The zero-order chi connectivity index (χ0) is 23.8. The highest BCUT2D eigenvalue weighted by molar-refractivity contribution is 6.30. The first-order valence-corrected chi connectivity index (χ1v) is 11.8. The lowest BCUT2D eigenvalue weighted by Gasteiger charge is -2.09. The summed E-state index contributed by atoms with van der Waals surface area (Å²) in [5.74, 6) is 0.0110. The summed E-state index contributed by atoms with van der Waals surface area (Å²) in [6.07, 6.45) is 2.96. The van der Waals surface area contributed by atoms with Gasteiger partial charge in [0.2, 0.25) is 5.91 Å². The van der Waals surface area contributed by atoms with Crippen molar-refractivity contribution in [3.8, 4) is 11.1 Å². The highest BCUT2D eigenvalue weighted by Gasteiger charge is 2.05. The maximum absolute atomic E-state index is 12.4. The van der Waals surface area contributed by atoms with Crippen LogP contribution < -0.4 is 10.6 Å². The summed E-state index contributed by atoms with van der Waals surface area (Å²) in [4.78, 5) is 16.7. The van der Waals surface area contributed by atoms with Gasteiger partial charge in [-0.2, -0.15) is 0 Å². The third kappa shape index (κ3) is 6.77. The second-order valence-electron chi connectivity index (χ2n) is 8.30. The fourth-order valence-corrected chi connectivity index (χ4v) is 3.87. The lowest BCUT2D eigenvalue weighted by molar-refractivity contribution is -0.116. The smallest absolute Gasteiger partial charge is 0.224 e. The molecule has 2 N–H and O–H groups in total. The molecule has 34 heavy (non-hydrogen) atoms. The van der Waals surface area contributed by atoms with Crippen LogP contribution in [-0.2, 0) is 24.3 Å². The molecule has 1 aromatic heterocycles. The van der Waals surface area contributed by atoms with Gasteiger partial charge in [-0.15, -0.1) is 0 Å². The number of nitrogens with one attached hydrogen (secondary N) is 2. The van der Waals surface area contributed by atoms with Gasteiger partial charge in [0.05, 0.1) is 0 Å². The van der Waals surface area contributed by atoms with Crippen LogP contribution in [0.15, 0.2) is 91.1 Å². The number of carbonyl (C=O) groups excluding carboxylic acids is 1. The molecule has 0 saturated heterocycles. The Kier molecular flexibility index (Phi) is 8.08. The number of anilines is 1. The molecule has 4 nitrogen and oxygen atoms in total. The Morgan fingerprint density at radius 1 is 0.824 bits per heavy atom. The number of carbonyl (C=O) groups is 1. The SMILES string of the molecule is Cc1ncccc1CNCc1ccc(CCC(=O)Nc2ccc(-c3ccc(Cl)cc3)cc2)cc1. The van der Waals surface area contributed by atoms with E-state index >= 15 is 0 Å². The van der Waals surface area contributed by atoms with E-state index in [4.69, 9.17) is 11.6 Å². The number of aryl methyl sites for hydroxylation is 2. The maximum Gasteiger partial charge on any atom is 0.224 e. The predicted molar refractivity (Wildman–Crippen MR) is 140 cm³/mol. The van der Waals surface area contributed by atoms with Crippen LogP contribution in [0.25, 0.3) is 11.1 Å². The van der Waals surface area contributed by atoms with Crippen molar-refractivity contribution in [2.24, 2.45) is 0 Å². The first kappa shape index (κ1) is 23.7. The Bertz CT molecular complexity index is 1220. The van der Waals surface area contributed by atoms with Crippen LogP contribution in [0.1, 0.15) is 28.8 Å². The Hall–Kier alpha value is -3.47. The average molecular weight is 470 g/mol. The van der Waals surface area contributed by atoms with E-state index in [-0.39, 0.29) is 5.91 Å². The topological polar surface area (TPSA) is 54.0 Å². The van der Waals surface area contributed by atoms with Crippen LogP contribution in [0.3, 0.4) is 0 Å². The molecule has 1 heterocycles. The van der Waals surface area contributed by atoms with E-state index in [1.807, 2.05) is 67.7 Å². The summed E-state index contributed by atoms with van der Waals surface area (Å²) in [6.45, 7) is 3.61. The van der Waals surface area contributed by atoms with Gasteiger partial charge in [-0.1, -0.05) is 66.2 Å². The van der Waals surface area contributed by atoms with Crippen LogP contribution in [0.4, 0.5) is 5.69 Å². The van der Waals surface area contributed by atoms with Crippen molar-refractivity contribution in [1.29, 1.82) is 0 Å². The third-order valence-corrected chi connectivity index (χ3v) is 6.02. The van der Waals surface area contributed by atoms with Gasteiger partial charge >= 0.3 is 0 Å². The quantitative estimate of drug-likeness (QED) is 0.291. The Morgan fingerprint density at radius 2 is 1.47 bits per heavy atom. The fourth-order valence-electron chi connectivity index (χ4n) is 3.74. The highest BCUT2D eigenvalue weighted by atomic mass is 35.5. The van der Waals surface area contributed by atoms with Crippen molar-refractivity contribution in [2.75, 3.05) is 5.32 Å². The van der Waals surface area contributed by atoms with Gasteiger partial charge in [-0.3, -0.25) is 9.78 Å². The summed E-state index contributed by atoms with van der Waals surface area (Å²) in [5, 5.41) is 7.16. The van der Waals surface area contributed by atoms with Crippen LogP contribution in [0, 0.1) is 6.92 Å². The van der Waals surface area contributed by atoms with E-state index < -0.39 is 0 Å². The van der Waals surface area contributed by atoms with Gasteiger partial charge in [-0.05, 0) is 71.5 Å². The Balaban J connectivity index is 1.21. The number of hydrogen-bond donors (Lipinski definition) is 2. The molecule has 5 heteroatoms. The normalized spacial score (nSPS) is 10.8. The molecule has 0 unspecified atom stereocenters. The first-order chi connectivity index (χ1) is 16.6. The van der Waals surface area contributed by atoms with Crippen molar-refractivity contribution < 1.29 is 4.79 Å². The molecule has 0 radical (unpaired) electrons. The molecule has 0 saturated carbocycles. The number of amides is 1. The molecule has 3 aromatic carbocycles. The van der Waals surface area contributed by atoms with Crippen LogP contribution in [-0.4, -0.2) is 10.9 Å². The standard InChI is InChI=1S/C29H28ClN3O/c1-21-26(3-2-18-32-21)20-31-19-23-6-4-22(5-7-23)8-17-29(34)33-28-15-11-25(12-16-28)24-9-13-27(30)14-10-24/h2-7,9-16,18,31H,8,17,19-20H2,1H3,(H,33,34). The summed E-state index contributed by atoms with van der Waals surface area (Å²) in [7, 11) is 0. The molecule has 0 atom stereocenters. The molecule has 0 fully saturated rings. The number of pyridine rings is 1. The predicted octanol–water partition coefficient (Wildman–Crippen LogP) is 6.57. The van der Waals surface area contributed by atoms with E-state index in [0.29, 0.717) is 12.8 Å². The van der Waals surface area contributed by atoms with E-state index in [1.165, 1.54) is 11.1 Å². The summed E-state index contributed by atoms with van der Waals surface area (Å²) in [5.41, 5.74) is 7.61. The number of hydrogen-bond acceptors (Lipinski definition) is 3. The van der Waals surface area contributed by atoms with E-state index in [0.717, 1.165) is 46.2 Å². The monoisotopic (exact) mass is 469 g/mol. The minimum Gasteiger partial charge on any atom is -0.326 e. The minimum absolute atomic E-state index is 0.0110.